The van der Waals surface area contributed by atoms with Crippen LogP contribution in [0.5, 0.6) is 0 Å². The Morgan fingerprint density at radius 3 is 2.16 bits per heavy atom. The quantitative estimate of drug-likeness (QED) is 0.431. The normalized spacial score (nSPS) is 11.1. The highest BCUT2D eigenvalue weighted by molar-refractivity contribution is 7.92. The molecule has 2 N–H and O–H groups in total. The van der Waals surface area contributed by atoms with Gasteiger partial charge in [0.2, 0.25) is 0 Å². The number of nitrogens with one attached hydrogen (secondary N) is 2. The van der Waals surface area contributed by atoms with E-state index in [2.05, 4.69) is 10.0 Å². The lowest BCUT2D eigenvalue weighted by Gasteiger charge is -2.13. The van der Waals surface area contributed by atoms with Crippen molar-refractivity contribution in [2.45, 2.75) is 25.7 Å². The first-order valence-corrected chi connectivity index (χ1v) is 10.8. The van der Waals surface area contributed by atoms with E-state index in [1.165, 1.54) is 36.4 Å². The fourth-order valence-electron chi connectivity index (χ4n) is 2.89. The van der Waals surface area contributed by atoms with Crippen LogP contribution < -0.4 is 10.0 Å². The number of non-ortho nitro benzene ring substituents is 1. The average molecular weight is 439 g/mol. The molecule has 0 spiro atoms. The van der Waals surface area contributed by atoms with Gasteiger partial charge in [0.05, 0.1) is 21.2 Å². The number of carbonyl (C=O) groups is 1. The van der Waals surface area contributed by atoms with Crippen molar-refractivity contribution >= 4 is 33.0 Å². The Morgan fingerprint density at radius 1 is 0.871 bits per heavy atom. The van der Waals surface area contributed by atoms with Crippen LogP contribution in [0.3, 0.4) is 0 Å². The smallest absolute Gasteiger partial charge is 0.271 e. The second-order valence-electron chi connectivity index (χ2n) is 7.16. The molecule has 3 aromatic carbocycles. The van der Waals surface area contributed by atoms with E-state index in [0.29, 0.717) is 28.1 Å². The minimum Gasteiger partial charge on any atom is -0.321 e. The summed E-state index contributed by atoms with van der Waals surface area (Å²) in [6.07, 6.45) is 0. The number of nitro groups is 1. The van der Waals surface area contributed by atoms with Crippen LogP contribution in [-0.4, -0.2) is 19.2 Å². The largest absolute Gasteiger partial charge is 0.321 e. The molecular weight excluding hydrogens is 418 g/mol. The van der Waals surface area contributed by atoms with Crippen molar-refractivity contribution in [3.63, 3.8) is 0 Å². The summed E-state index contributed by atoms with van der Waals surface area (Å²) in [6, 6.07) is 15.2. The first-order chi connectivity index (χ1) is 14.6. The highest BCUT2D eigenvalue weighted by Gasteiger charge is 2.17. The molecule has 0 saturated heterocycles. The van der Waals surface area contributed by atoms with Gasteiger partial charge >= 0.3 is 0 Å². The fourth-order valence-corrected chi connectivity index (χ4v) is 4.02. The second kappa shape index (κ2) is 8.57. The Bertz CT molecular complexity index is 1270. The van der Waals surface area contributed by atoms with Crippen molar-refractivity contribution in [1.29, 1.82) is 0 Å². The van der Waals surface area contributed by atoms with E-state index in [-0.39, 0.29) is 10.6 Å². The molecule has 0 aliphatic heterocycles. The van der Waals surface area contributed by atoms with Crippen molar-refractivity contribution < 1.29 is 18.1 Å². The summed E-state index contributed by atoms with van der Waals surface area (Å²) >= 11 is 0. The maximum Gasteiger partial charge on any atom is 0.271 e. The Labute approximate surface area is 180 Å². The molecule has 1 amide bonds. The zero-order chi connectivity index (χ0) is 22.8. The Hall–Kier alpha value is -3.72. The molecule has 0 bridgehead atoms. The SMILES string of the molecule is Cc1ccc(S(=O)(=O)Nc2ccc(C(=O)Nc3cc([N+](=O)[O-])ccc3C)cc2C)cc1. The van der Waals surface area contributed by atoms with Gasteiger partial charge in [-0.3, -0.25) is 19.6 Å². The van der Waals surface area contributed by atoms with Crippen molar-refractivity contribution in [3.8, 4) is 0 Å². The van der Waals surface area contributed by atoms with Gasteiger partial charge in [-0.05, 0) is 62.2 Å². The van der Waals surface area contributed by atoms with E-state index in [1.807, 2.05) is 6.92 Å². The lowest BCUT2D eigenvalue weighted by molar-refractivity contribution is -0.384. The molecule has 3 aromatic rings. The number of nitrogens with zero attached hydrogens (tertiary/aromatic N) is 1. The van der Waals surface area contributed by atoms with E-state index in [1.54, 1.807) is 38.1 Å². The lowest BCUT2D eigenvalue weighted by Crippen LogP contribution is -2.16. The lowest BCUT2D eigenvalue weighted by atomic mass is 10.1. The average Bonchev–Trinajstić information content (AvgIpc) is 2.71. The molecule has 9 heteroatoms. The first-order valence-electron chi connectivity index (χ1n) is 9.33. The van der Waals surface area contributed by atoms with Gasteiger partial charge < -0.3 is 5.32 Å². The second-order valence-corrected chi connectivity index (χ2v) is 8.84. The number of hydrogen-bond acceptors (Lipinski definition) is 5. The summed E-state index contributed by atoms with van der Waals surface area (Å²) < 4.78 is 27.7. The van der Waals surface area contributed by atoms with Crippen LogP contribution in [-0.2, 0) is 10.0 Å². The molecule has 8 nitrogen and oxygen atoms in total. The number of anilines is 2. The number of carbonyl (C=O) groups excluding carboxylic acids is 1. The molecule has 3 rings (SSSR count). The molecule has 31 heavy (non-hydrogen) atoms. The number of rotatable bonds is 6. The molecule has 0 radical (unpaired) electrons. The molecule has 0 aliphatic carbocycles. The van der Waals surface area contributed by atoms with Crippen LogP contribution >= 0.6 is 0 Å². The molecule has 0 saturated carbocycles. The van der Waals surface area contributed by atoms with Gasteiger partial charge in [-0.1, -0.05) is 23.8 Å². The standard InChI is InChI=1S/C22H21N3O5S/c1-14-4-9-19(10-5-14)31(29,30)24-20-11-7-17(12-16(20)3)22(26)23-21-13-18(25(27)28)8-6-15(21)2/h4-13,24H,1-3H3,(H,23,26). The Kier molecular flexibility index (Phi) is 6.07. The third kappa shape index (κ3) is 5.07. The molecule has 0 aliphatic rings. The predicted octanol–water partition coefficient (Wildman–Crippen LogP) is 4.57. The van der Waals surface area contributed by atoms with Crippen molar-refractivity contribution in [1.82, 2.24) is 0 Å². The minimum atomic E-state index is -3.77. The minimum absolute atomic E-state index is 0.127. The Balaban J connectivity index is 1.80. The third-order valence-corrected chi connectivity index (χ3v) is 6.13. The summed E-state index contributed by atoms with van der Waals surface area (Å²) in [6.45, 7) is 5.28. The van der Waals surface area contributed by atoms with Crippen LogP contribution in [0.1, 0.15) is 27.0 Å². The van der Waals surface area contributed by atoms with E-state index in [0.717, 1.165) is 5.56 Å². The molecule has 0 unspecified atom stereocenters. The summed E-state index contributed by atoms with van der Waals surface area (Å²) in [5.74, 6) is -0.459. The van der Waals surface area contributed by atoms with Gasteiger partial charge in [-0.25, -0.2) is 8.42 Å². The molecule has 0 fully saturated rings. The van der Waals surface area contributed by atoms with E-state index in [9.17, 15) is 23.3 Å². The summed E-state index contributed by atoms with van der Waals surface area (Å²) in [5, 5.41) is 13.6. The van der Waals surface area contributed by atoms with E-state index in [4.69, 9.17) is 0 Å². The topological polar surface area (TPSA) is 118 Å². The van der Waals surface area contributed by atoms with Gasteiger partial charge in [-0.2, -0.15) is 0 Å². The number of sulfonamides is 1. The molecule has 0 aromatic heterocycles. The van der Waals surface area contributed by atoms with E-state index < -0.39 is 20.9 Å². The maximum atomic E-state index is 12.6. The number of hydrogen-bond donors (Lipinski definition) is 2. The monoisotopic (exact) mass is 439 g/mol. The van der Waals surface area contributed by atoms with Crippen molar-refractivity contribution in [3.05, 3.63) is 93.0 Å². The van der Waals surface area contributed by atoms with Crippen molar-refractivity contribution in [2.75, 3.05) is 10.0 Å². The fraction of sp³-hybridized carbons (Fsp3) is 0.136. The van der Waals surface area contributed by atoms with Crippen LogP contribution in [0.25, 0.3) is 0 Å². The zero-order valence-electron chi connectivity index (χ0n) is 17.2. The number of aryl methyl sites for hydroxylation is 3. The molecule has 0 heterocycles. The van der Waals surface area contributed by atoms with Gasteiger partial charge in [0.15, 0.2) is 0 Å². The predicted molar refractivity (Wildman–Crippen MR) is 119 cm³/mol. The summed E-state index contributed by atoms with van der Waals surface area (Å²) in [7, 11) is -3.77. The third-order valence-electron chi connectivity index (χ3n) is 4.74. The first kappa shape index (κ1) is 22.0. The van der Waals surface area contributed by atoms with Gasteiger partial charge in [-0.15, -0.1) is 0 Å². The summed E-state index contributed by atoms with van der Waals surface area (Å²) in [4.78, 5) is 23.2. The molecule has 0 atom stereocenters. The number of amides is 1. The maximum absolute atomic E-state index is 12.6. The summed E-state index contributed by atoms with van der Waals surface area (Å²) in [5.41, 5.74) is 3.03. The van der Waals surface area contributed by atoms with Crippen LogP contribution in [0.4, 0.5) is 17.1 Å². The number of benzene rings is 3. The Morgan fingerprint density at radius 2 is 1.55 bits per heavy atom. The van der Waals surface area contributed by atoms with Gasteiger partial charge in [0.25, 0.3) is 21.6 Å². The van der Waals surface area contributed by atoms with Crippen LogP contribution in [0.2, 0.25) is 0 Å². The molecule has 160 valence electrons. The van der Waals surface area contributed by atoms with Crippen LogP contribution in [0.15, 0.2) is 65.6 Å². The van der Waals surface area contributed by atoms with E-state index >= 15 is 0 Å². The van der Waals surface area contributed by atoms with Gasteiger partial charge in [0, 0.05) is 17.7 Å². The van der Waals surface area contributed by atoms with Gasteiger partial charge in [0.1, 0.15) is 0 Å². The van der Waals surface area contributed by atoms with Crippen LogP contribution in [0, 0.1) is 30.9 Å². The van der Waals surface area contributed by atoms with Crippen molar-refractivity contribution in [2.24, 2.45) is 0 Å². The zero-order valence-corrected chi connectivity index (χ0v) is 18.0. The highest BCUT2D eigenvalue weighted by atomic mass is 32.2. The molecular formula is C22H21N3O5S. The number of nitro benzene ring substituents is 1. The highest BCUT2D eigenvalue weighted by Crippen LogP contribution is 2.24.